The second-order valence-corrected chi connectivity index (χ2v) is 10.7. The minimum absolute atomic E-state index is 0.0957. The Kier molecular flexibility index (Phi) is 6.28. The Bertz CT molecular complexity index is 854. The number of rotatable bonds is 5. The monoisotopic (exact) mass is 412 g/mol. The van der Waals surface area contributed by atoms with Gasteiger partial charge in [0, 0.05) is 13.1 Å². The van der Waals surface area contributed by atoms with Crippen molar-refractivity contribution in [2.75, 3.05) is 18.8 Å². The number of aromatic nitrogens is 2. The van der Waals surface area contributed by atoms with E-state index in [1.54, 1.807) is 29.5 Å². The average Bonchev–Trinajstić information content (AvgIpc) is 2.96. The quantitative estimate of drug-likeness (QED) is 0.797. The molecule has 0 radical (unpaired) electrons. The first-order valence-electron chi connectivity index (χ1n) is 9.70. The van der Waals surface area contributed by atoms with Crippen molar-refractivity contribution in [3.8, 4) is 0 Å². The highest BCUT2D eigenvalue weighted by atomic mass is 32.2. The van der Waals surface area contributed by atoms with Gasteiger partial charge in [-0.25, -0.2) is 8.42 Å². The van der Waals surface area contributed by atoms with Crippen LogP contribution in [0.25, 0.3) is 0 Å². The maximum atomic E-state index is 13.2. The number of carbonyl (C=O) groups excluding carboxylic acids is 2. The molecule has 1 saturated heterocycles. The van der Waals surface area contributed by atoms with E-state index < -0.39 is 21.3 Å². The number of hydrogen-bond donors (Lipinski definition) is 1. The summed E-state index contributed by atoms with van der Waals surface area (Å²) >= 11 is 0. The summed E-state index contributed by atoms with van der Waals surface area (Å²) in [6.07, 6.45) is 1.59. The molecule has 1 aliphatic heterocycles. The van der Waals surface area contributed by atoms with Gasteiger partial charge in [-0.15, -0.1) is 0 Å². The van der Waals surface area contributed by atoms with Gasteiger partial charge in [0.15, 0.2) is 0 Å². The Morgan fingerprint density at radius 2 is 1.96 bits per heavy atom. The summed E-state index contributed by atoms with van der Waals surface area (Å²) in [5.41, 5.74) is -0.0740. The lowest BCUT2D eigenvalue weighted by Crippen LogP contribution is -2.53. The van der Waals surface area contributed by atoms with Gasteiger partial charge in [0.25, 0.3) is 5.91 Å². The Labute approximate surface area is 167 Å². The molecule has 1 aliphatic rings. The zero-order valence-corrected chi connectivity index (χ0v) is 18.5. The maximum absolute atomic E-state index is 13.2. The summed E-state index contributed by atoms with van der Waals surface area (Å²) in [6, 6.07) is 1.76. The fraction of sp³-hybridized carbons (Fsp3) is 0.737. The van der Waals surface area contributed by atoms with Crippen LogP contribution in [-0.2, 0) is 20.4 Å². The number of sulfonamides is 1. The molecule has 1 N–H and O–H groups in total. The van der Waals surface area contributed by atoms with Crippen LogP contribution in [0.2, 0.25) is 0 Å². The number of carbonyl (C=O) groups is 2. The van der Waals surface area contributed by atoms with Crippen molar-refractivity contribution >= 4 is 21.8 Å². The Morgan fingerprint density at radius 3 is 2.54 bits per heavy atom. The van der Waals surface area contributed by atoms with Gasteiger partial charge in [0.2, 0.25) is 15.9 Å². The van der Waals surface area contributed by atoms with E-state index in [2.05, 4.69) is 9.82 Å². The number of nitrogens with zero attached hydrogens (tertiary/aromatic N) is 3. The highest BCUT2D eigenvalue weighted by molar-refractivity contribution is 7.90. The van der Waals surface area contributed by atoms with Crippen LogP contribution in [0, 0.1) is 12.3 Å². The topological polar surface area (TPSA) is 101 Å². The Morgan fingerprint density at radius 1 is 1.32 bits per heavy atom. The Hall–Kier alpha value is -1.90. The van der Waals surface area contributed by atoms with Crippen molar-refractivity contribution in [1.29, 1.82) is 0 Å². The molecule has 1 fully saturated rings. The fourth-order valence-electron chi connectivity index (χ4n) is 3.51. The van der Waals surface area contributed by atoms with Gasteiger partial charge in [0.1, 0.15) is 5.69 Å². The molecule has 2 rings (SSSR count). The summed E-state index contributed by atoms with van der Waals surface area (Å²) in [7, 11) is -3.65. The molecule has 1 aromatic rings. The lowest BCUT2D eigenvalue weighted by Gasteiger charge is -2.39. The van der Waals surface area contributed by atoms with Crippen molar-refractivity contribution in [3.63, 3.8) is 0 Å². The third-order valence-corrected chi connectivity index (χ3v) is 6.38. The van der Waals surface area contributed by atoms with Crippen molar-refractivity contribution in [2.24, 2.45) is 5.41 Å². The number of nitrogens with one attached hydrogen (secondary N) is 1. The average molecular weight is 413 g/mol. The van der Waals surface area contributed by atoms with E-state index in [9.17, 15) is 18.0 Å². The number of likely N-dealkylation sites (tertiary alicyclic amines) is 1. The van der Waals surface area contributed by atoms with Crippen LogP contribution in [0.1, 0.15) is 70.1 Å². The largest absolute Gasteiger partial charge is 0.336 e. The van der Waals surface area contributed by atoms with Gasteiger partial charge in [-0.3, -0.25) is 19.0 Å². The van der Waals surface area contributed by atoms with Gasteiger partial charge in [-0.05, 0) is 59.9 Å². The van der Waals surface area contributed by atoms with Gasteiger partial charge >= 0.3 is 0 Å². The van der Waals surface area contributed by atoms with E-state index in [1.165, 1.54) is 0 Å². The number of piperidine rings is 1. The van der Waals surface area contributed by atoms with Crippen LogP contribution in [-0.4, -0.2) is 53.8 Å². The molecule has 28 heavy (non-hydrogen) atoms. The summed E-state index contributed by atoms with van der Waals surface area (Å²) in [5.74, 6) is -0.828. The van der Waals surface area contributed by atoms with Crippen LogP contribution in [0.5, 0.6) is 0 Å². The lowest BCUT2D eigenvalue weighted by molar-refractivity contribution is -0.130. The standard InChI is InChI=1S/C19H32N4O4S/c1-7-11-28(26,27)21-17(25)19(6)9-8-10-22(13-19)16(24)15-12-14(2)20-23(15)18(3,4)5/h12H,7-11,13H2,1-6H3,(H,21,25). The third kappa shape index (κ3) is 4.92. The molecular formula is C19H32N4O4S. The molecular weight excluding hydrogens is 380 g/mol. The SMILES string of the molecule is CCCS(=O)(=O)NC(=O)C1(C)CCCN(C(=O)c2cc(C)nn2C(C)(C)C)C1. The van der Waals surface area contributed by atoms with Crippen molar-refractivity contribution in [2.45, 2.75) is 66.3 Å². The summed E-state index contributed by atoms with van der Waals surface area (Å²) < 4.78 is 27.9. The molecule has 2 amide bonds. The number of amides is 2. The van der Waals surface area contributed by atoms with E-state index >= 15 is 0 Å². The predicted molar refractivity (Wildman–Crippen MR) is 107 cm³/mol. The van der Waals surface area contributed by atoms with Crippen LogP contribution in [0.3, 0.4) is 0 Å². The van der Waals surface area contributed by atoms with Crippen LogP contribution in [0.15, 0.2) is 6.07 Å². The summed E-state index contributed by atoms with van der Waals surface area (Å²) in [5, 5.41) is 4.45. The van der Waals surface area contributed by atoms with Crippen molar-refractivity contribution in [1.82, 2.24) is 19.4 Å². The van der Waals surface area contributed by atoms with E-state index in [4.69, 9.17) is 0 Å². The third-order valence-electron chi connectivity index (χ3n) is 4.94. The molecule has 0 bridgehead atoms. The zero-order valence-electron chi connectivity index (χ0n) is 17.7. The van der Waals surface area contributed by atoms with E-state index in [-0.39, 0.29) is 23.7 Å². The smallest absolute Gasteiger partial charge is 0.272 e. The van der Waals surface area contributed by atoms with E-state index in [1.807, 2.05) is 27.7 Å². The molecule has 9 heteroatoms. The lowest BCUT2D eigenvalue weighted by atomic mass is 9.81. The first-order chi connectivity index (χ1) is 12.8. The molecule has 0 aromatic carbocycles. The van der Waals surface area contributed by atoms with Crippen LogP contribution < -0.4 is 4.72 Å². The molecule has 1 unspecified atom stereocenters. The molecule has 8 nitrogen and oxygen atoms in total. The second-order valence-electron chi connectivity index (χ2n) is 8.89. The minimum atomic E-state index is -3.65. The molecule has 2 heterocycles. The number of hydrogen-bond acceptors (Lipinski definition) is 5. The molecule has 0 aliphatic carbocycles. The molecule has 1 atom stereocenters. The van der Waals surface area contributed by atoms with E-state index in [0.717, 1.165) is 5.69 Å². The van der Waals surface area contributed by atoms with Crippen molar-refractivity contribution < 1.29 is 18.0 Å². The maximum Gasteiger partial charge on any atom is 0.272 e. The highest BCUT2D eigenvalue weighted by Crippen LogP contribution is 2.31. The summed E-state index contributed by atoms with van der Waals surface area (Å²) in [6.45, 7) is 11.9. The second kappa shape index (κ2) is 7.85. The number of aryl methyl sites for hydroxylation is 1. The van der Waals surface area contributed by atoms with Crippen molar-refractivity contribution in [3.05, 3.63) is 17.5 Å². The van der Waals surface area contributed by atoms with Gasteiger partial charge < -0.3 is 4.90 Å². The van der Waals surface area contributed by atoms with Gasteiger partial charge in [0.05, 0.1) is 22.4 Å². The first kappa shape index (κ1) is 22.4. The molecule has 0 saturated carbocycles. The zero-order chi connectivity index (χ0) is 21.3. The molecule has 1 aromatic heterocycles. The summed E-state index contributed by atoms with van der Waals surface area (Å²) in [4.78, 5) is 27.5. The Balaban J connectivity index is 2.23. The van der Waals surface area contributed by atoms with Gasteiger partial charge in [-0.1, -0.05) is 6.92 Å². The van der Waals surface area contributed by atoms with Crippen LogP contribution >= 0.6 is 0 Å². The normalized spacial score (nSPS) is 20.9. The molecule has 158 valence electrons. The minimum Gasteiger partial charge on any atom is -0.336 e. The van der Waals surface area contributed by atoms with Crippen LogP contribution in [0.4, 0.5) is 0 Å². The van der Waals surface area contributed by atoms with E-state index in [0.29, 0.717) is 31.5 Å². The van der Waals surface area contributed by atoms with Gasteiger partial charge in [-0.2, -0.15) is 5.10 Å². The fourth-order valence-corrected chi connectivity index (χ4v) is 4.68. The highest BCUT2D eigenvalue weighted by Gasteiger charge is 2.41. The molecule has 0 spiro atoms. The predicted octanol–water partition coefficient (Wildman–Crippen LogP) is 2.04. The first-order valence-corrected chi connectivity index (χ1v) is 11.4.